The molecule has 0 bridgehead atoms. The molecule has 49 heavy (non-hydrogen) atoms. The molecule has 7 aromatic rings. The summed E-state index contributed by atoms with van der Waals surface area (Å²) < 4.78 is 16.2. The third kappa shape index (κ3) is 6.15. The third-order valence-corrected chi connectivity index (χ3v) is 9.85. The average molecular weight is 653 g/mol. The molecule has 236 valence electrons. The highest BCUT2D eigenvalue weighted by Gasteiger charge is 2.17. The summed E-state index contributed by atoms with van der Waals surface area (Å²) in [5.41, 5.74) is 10.8. The number of hydrogen-bond acceptors (Lipinski definition) is 2. The van der Waals surface area contributed by atoms with Gasteiger partial charge in [-0.3, -0.25) is 0 Å². The van der Waals surface area contributed by atoms with Crippen molar-refractivity contribution in [3.8, 4) is 16.8 Å². The molecule has 0 radical (unpaired) electrons. The van der Waals surface area contributed by atoms with Gasteiger partial charge in [0.15, 0.2) is 0 Å². The maximum absolute atomic E-state index is 13.8. The summed E-state index contributed by atoms with van der Waals surface area (Å²) in [6.07, 6.45) is 10.6. The van der Waals surface area contributed by atoms with Crippen LogP contribution in [0.2, 0.25) is 0 Å². The minimum Gasteiger partial charge on any atom is -0.311 e. The lowest BCUT2D eigenvalue weighted by Gasteiger charge is -2.25. The van der Waals surface area contributed by atoms with Crippen molar-refractivity contribution in [1.82, 2.24) is 4.57 Å². The van der Waals surface area contributed by atoms with Crippen LogP contribution in [0.1, 0.15) is 5.56 Å². The molecule has 1 aromatic heterocycles. The zero-order valence-electron chi connectivity index (χ0n) is 26.8. The molecule has 0 unspecified atom stereocenters. The van der Waals surface area contributed by atoms with Crippen LogP contribution < -0.4 is 4.90 Å². The number of nitrogens with zero attached hydrogens (tertiary/aromatic N) is 2. The highest BCUT2D eigenvalue weighted by molar-refractivity contribution is 8.08. The predicted molar refractivity (Wildman–Crippen MR) is 209 cm³/mol. The summed E-state index contributed by atoms with van der Waals surface area (Å²) in [4.78, 5) is 3.35. The Labute approximate surface area is 290 Å². The molecule has 0 amide bonds. The highest BCUT2D eigenvalue weighted by Crippen LogP contribution is 2.40. The van der Waals surface area contributed by atoms with Gasteiger partial charge in [-0.05, 0) is 113 Å². The lowest BCUT2D eigenvalue weighted by molar-refractivity contribution is 0.628. The molecule has 1 aliphatic rings. The Bertz CT molecular complexity index is 2380. The van der Waals surface area contributed by atoms with Crippen LogP contribution in [0.5, 0.6) is 0 Å². The van der Waals surface area contributed by atoms with Gasteiger partial charge in [-0.15, -0.1) is 11.8 Å². The van der Waals surface area contributed by atoms with E-state index in [1.165, 1.54) is 38.9 Å². The molecule has 0 aliphatic carbocycles. The summed E-state index contributed by atoms with van der Waals surface area (Å²) in [7, 11) is 0. The summed E-state index contributed by atoms with van der Waals surface area (Å²) >= 11 is 1.83. The van der Waals surface area contributed by atoms with Gasteiger partial charge in [0.25, 0.3) is 0 Å². The zero-order chi connectivity index (χ0) is 33.2. The number of para-hydroxylation sites is 2. The number of hydrogen-bond donors (Lipinski definition) is 0. The van der Waals surface area contributed by atoms with Crippen molar-refractivity contribution >= 4 is 55.5 Å². The van der Waals surface area contributed by atoms with Crippen LogP contribution in [0, 0.1) is 5.82 Å². The number of halogens is 1. The van der Waals surface area contributed by atoms with E-state index in [4.69, 9.17) is 0 Å². The molecule has 0 saturated heterocycles. The van der Waals surface area contributed by atoms with Gasteiger partial charge in [0.2, 0.25) is 0 Å². The van der Waals surface area contributed by atoms with E-state index in [1.807, 2.05) is 42.1 Å². The van der Waals surface area contributed by atoms with Crippen molar-refractivity contribution in [3.63, 3.8) is 0 Å². The van der Waals surface area contributed by atoms with Gasteiger partial charge >= 0.3 is 0 Å². The Morgan fingerprint density at radius 2 is 1.16 bits per heavy atom. The molecule has 2 heterocycles. The number of fused-ring (bicyclic) bond motifs is 3. The van der Waals surface area contributed by atoms with E-state index in [9.17, 15) is 4.39 Å². The lowest BCUT2D eigenvalue weighted by Crippen LogP contribution is -2.09. The standard InChI is InChI=1S/C45H33FN2S/c1-32-11-5-4-10-28-49-45(29-32)35-19-27-44-42(31-35)41-30-34(18-26-43(41)48(44)38-14-8-3-9-15-38)33-16-22-39(23-17-33)47(37-12-6-2-7-13-37)40-24-20-36(46)21-25-40/h2-27,29-31H,1,28H2/b10-4-,11-5-,45-29-. The van der Waals surface area contributed by atoms with Crippen LogP contribution in [-0.2, 0) is 0 Å². The number of aromatic nitrogens is 1. The first kappa shape index (κ1) is 30.5. The van der Waals surface area contributed by atoms with Crippen LogP contribution in [0.3, 0.4) is 0 Å². The zero-order valence-corrected chi connectivity index (χ0v) is 27.7. The molecule has 0 atom stereocenters. The Hall–Kier alpha value is -5.84. The van der Waals surface area contributed by atoms with Gasteiger partial charge in [-0.1, -0.05) is 91.5 Å². The Morgan fingerprint density at radius 3 is 1.86 bits per heavy atom. The molecule has 6 aromatic carbocycles. The molecule has 0 fully saturated rings. The largest absolute Gasteiger partial charge is 0.311 e. The third-order valence-electron chi connectivity index (χ3n) is 8.83. The quantitative estimate of drug-likeness (QED) is 0.177. The fourth-order valence-corrected chi connectivity index (χ4v) is 7.42. The summed E-state index contributed by atoms with van der Waals surface area (Å²) in [6, 6.07) is 49.6. The number of anilines is 3. The van der Waals surface area contributed by atoms with Crippen molar-refractivity contribution in [2.24, 2.45) is 0 Å². The minimum absolute atomic E-state index is 0.251. The molecule has 0 saturated carbocycles. The summed E-state index contributed by atoms with van der Waals surface area (Å²) in [5.74, 6) is 0.648. The molecular weight excluding hydrogens is 620 g/mol. The number of rotatable bonds is 6. The first-order valence-corrected chi connectivity index (χ1v) is 17.3. The minimum atomic E-state index is -0.251. The maximum Gasteiger partial charge on any atom is 0.123 e. The lowest BCUT2D eigenvalue weighted by atomic mass is 10.0. The van der Waals surface area contributed by atoms with Gasteiger partial charge in [0, 0.05) is 44.2 Å². The van der Waals surface area contributed by atoms with E-state index < -0.39 is 0 Å². The number of allylic oxidation sites excluding steroid dienone is 5. The van der Waals surface area contributed by atoms with Gasteiger partial charge < -0.3 is 9.47 Å². The molecule has 8 rings (SSSR count). The summed E-state index contributed by atoms with van der Waals surface area (Å²) in [5, 5.41) is 2.41. The van der Waals surface area contributed by atoms with Crippen molar-refractivity contribution in [1.29, 1.82) is 0 Å². The van der Waals surface area contributed by atoms with Crippen LogP contribution in [0.25, 0.3) is 43.5 Å². The van der Waals surface area contributed by atoms with Gasteiger partial charge in [-0.2, -0.15) is 0 Å². The van der Waals surface area contributed by atoms with Crippen LogP contribution in [-0.4, -0.2) is 10.3 Å². The van der Waals surface area contributed by atoms with Gasteiger partial charge in [0.05, 0.1) is 11.0 Å². The van der Waals surface area contributed by atoms with Crippen LogP contribution >= 0.6 is 11.8 Å². The normalized spacial score (nSPS) is 15.6. The first-order chi connectivity index (χ1) is 24.1. The predicted octanol–water partition coefficient (Wildman–Crippen LogP) is 12.8. The summed E-state index contributed by atoms with van der Waals surface area (Å²) in [6.45, 7) is 4.26. The van der Waals surface area contributed by atoms with Crippen molar-refractivity contribution in [3.05, 3.63) is 200 Å². The number of thioether (sulfide) groups is 1. The molecule has 2 nitrogen and oxygen atoms in total. The second kappa shape index (κ2) is 13.3. The molecule has 4 heteroatoms. The highest BCUT2D eigenvalue weighted by atomic mass is 32.2. The van der Waals surface area contributed by atoms with E-state index >= 15 is 0 Å². The van der Waals surface area contributed by atoms with Crippen molar-refractivity contribution < 1.29 is 4.39 Å². The van der Waals surface area contributed by atoms with E-state index in [2.05, 4.69) is 150 Å². The van der Waals surface area contributed by atoms with Crippen molar-refractivity contribution in [2.75, 3.05) is 10.7 Å². The Kier molecular flexibility index (Phi) is 8.30. The van der Waals surface area contributed by atoms with E-state index in [-0.39, 0.29) is 5.82 Å². The molecular formula is C45H33FN2S. The van der Waals surface area contributed by atoms with Crippen LogP contribution in [0.15, 0.2) is 188 Å². The second-order valence-electron chi connectivity index (χ2n) is 12.0. The van der Waals surface area contributed by atoms with Crippen molar-refractivity contribution in [2.45, 2.75) is 0 Å². The smallest absolute Gasteiger partial charge is 0.123 e. The topological polar surface area (TPSA) is 8.17 Å². The molecule has 1 aliphatic heterocycles. The fourth-order valence-electron chi connectivity index (χ4n) is 6.50. The van der Waals surface area contributed by atoms with Gasteiger partial charge in [-0.25, -0.2) is 4.39 Å². The molecule has 0 spiro atoms. The monoisotopic (exact) mass is 652 g/mol. The average Bonchev–Trinajstić information content (AvgIpc) is 3.52. The van der Waals surface area contributed by atoms with E-state index in [0.717, 1.165) is 50.7 Å². The second-order valence-corrected chi connectivity index (χ2v) is 13.1. The van der Waals surface area contributed by atoms with Crippen LogP contribution in [0.4, 0.5) is 21.5 Å². The fraction of sp³-hybridized carbons (Fsp3) is 0.0222. The SMILES string of the molecule is C=C1/C=C\C=C/CS/C(c2ccc3c(c2)c2cc(-c4ccc(N(c5ccccc5)c5ccc(F)cc5)cc4)ccc2n3-c2ccccc2)=C\1. The first-order valence-electron chi connectivity index (χ1n) is 16.3. The number of benzene rings is 6. The maximum atomic E-state index is 13.8. The Morgan fingerprint density at radius 1 is 0.592 bits per heavy atom. The molecule has 0 N–H and O–H groups in total. The Balaban J connectivity index is 1.24. The van der Waals surface area contributed by atoms with E-state index in [1.54, 1.807) is 0 Å². The van der Waals surface area contributed by atoms with E-state index in [0.29, 0.717) is 0 Å². The van der Waals surface area contributed by atoms with Gasteiger partial charge in [0.1, 0.15) is 5.82 Å².